The van der Waals surface area contributed by atoms with Crippen LogP contribution in [0.3, 0.4) is 0 Å². The van der Waals surface area contributed by atoms with Gasteiger partial charge in [-0.25, -0.2) is 4.98 Å². The first-order chi connectivity index (χ1) is 8.57. The van der Waals surface area contributed by atoms with E-state index in [0.717, 1.165) is 10.8 Å². The van der Waals surface area contributed by atoms with Crippen molar-refractivity contribution < 1.29 is 14.4 Å². The van der Waals surface area contributed by atoms with Gasteiger partial charge in [-0.3, -0.25) is 4.57 Å². The lowest BCUT2D eigenvalue weighted by Crippen LogP contribution is -2.10. The number of hydrogen-bond donors (Lipinski definition) is 2. The van der Waals surface area contributed by atoms with Crippen LogP contribution in [-0.4, -0.2) is 14.8 Å². The molecule has 0 radical (unpaired) electrons. The van der Waals surface area contributed by atoms with Gasteiger partial charge in [-0.2, -0.15) is 0 Å². The van der Waals surface area contributed by atoms with E-state index in [0.29, 0.717) is 10.9 Å². The van der Waals surface area contributed by atoms with Crippen molar-refractivity contribution in [3.63, 3.8) is 0 Å². The maximum absolute atomic E-state index is 11.5. The van der Waals surface area contributed by atoms with Crippen LogP contribution >= 0.6 is 7.60 Å². The zero-order valence-corrected chi connectivity index (χ0v) is 10.2. The highest BCUT2D eigenvalue weighted by Gasteiger charge is 2.23. The van der Waals surface area contributed by atoms with Crippen molar-refractivity contribution in [2.45, 2.75) is 0 Å². The zero-order chi connectivity index (χ0) is 12.8. The molecular formula is C13H10NO3P. The van der Waals surface area contributed by atoms with E-state index in [9.17, 15) is 14.4 Å². The minimum atomic E-state index is -4.38. The second-order valence-electron chi connectivity index (χ2n) is 4.04. The van der Waals surface area contributed by atoms with Crippen molar-refractivity contribution in [3.05, 3.63) is 48.5 Å². The lowest BCUT2D eigenvalue weighted by molar-refractivity contribution is 0.386. The van der Waals surface area contributed by atoms with Gasteiger partial charge >= 0.3 is 7.60 Å². The molecule has 0 aliphatic rings. The first kappa shape index (κ1) is 11.4. The van der Waals surface area contributed by atoms with Gasteiger partial charge in [-0.05, 0) is 11.5 Å². The lowest BCUT2D eigenvalue weighted by atomic mass is 10.1. The van der Waals surface area contributed by atoms with Crippen LogP contribution < -0.4 is 5.44 Å². The Morgan fingerprint density at radius 2 is 1.39 bits per heavy atom. The van der Waals surface area contributed by atoms with E-state index in [4.69, 9.17) is 0 Å². The highest BCUT2D eigenvalue weighted by atomic mass is 31.2. The van der Waals surface area contributed by atoms with Crippen LogP contribution in [0.5, 0.6) is 0 Å². The molecule has 0 amide bonds. The molecule has 90 valence electrons. The van der Waals surface area contributed by atoms with Crippen molar-refractivity contribution in [2.24, 2.45) is 0 Å². The summed E-state index contributed by atoms with van der Waals surface area (Å²) in [6.07, 6.45) is 0. The largest absolute Gasteiger partial charge is 0.375 e. The molecule has 0 spiro atoms. The Morgan fingerprint density at radius 1 is 0.833 bits per heavy atom. The molecule has 4 nitrogen and oxygen atoms in total. The van der Waals surface area contributed by atoms with E-state index >= 15 is 0 Å². The van der Waals surface area contributed by atoms with Gasteiger partial charge in [0.2, 0.25) is 0 Å². The summed E-state index contributed by atoms with van der Waals surface area (Å²) in [6, 6.07) is 14.5. The second kappa shape index (κ2) is 3.89. The third kappa shape index (κ3) is 1.71. The number of para-hydroxylation sites is 1. The maximum atomic E-state index is 11.5. The van der Waals surface area contributed by atoms with Crippen molar-refractivity contribution >= 4 is 34.7 Å². The number of fused-ring (bicyclic) bond motifs is 3. The summed E-state index contributed by atoms with van der Waals surface area (Å²) >= 11 is 0. The Morgan fingerprint density at radius 3 is 2.06 bits per heavy atom. The summed E-state index contributed by atoms with van der Waals surface area (Å²) in [5.41, 5.74) is 0.436. The van der Waals surface area contributed by atoms with Crippen LogP contribution in [0, 0.1) is 0 Å². The monoisotopic (exact) mass is 259 g/mol. The van der Waals surface area contributed by atoms with Crippen LogP contribution in [0.4, 0.5) is 0 Å². The van der Waals surface area contributed by atoms with Crippen molar-refractivity contribution in [1.29, 1.82) is 0 Å². The molecular weight excluding hydrogens is 249 g/mol. The fraction of sp³-hybridized carbons (Fsp3) is 0. The number of aromatic nitrogens is 1. The van der Waals surface area contributed by atoms with E-state index in [-0.39, 0.29) is 5.44 Å². The molecule has 0 bridgehead atoms. The summed E-state index contributed by atoms with van der Waals surface area (Å²) in [5.74, 6) is 0. The average molecular weight is 259 g/mol. The molecule has 0 aliphatic carbocycles. The van der Waals surface area contributed by atoms with Gasteiger partial charge in [-0.1, -0.05) is 42.5 Å². The number of benzene rings is 2. The smallest absolute Gasteiger partial charge is 0.320 e. The molecule has 0 atom stereocenters. The van der Waals surface area contributed by atoms with E-state index in [1.54, 1.807) is 24.3 Å². The first-order valence-corrected chi connectivity index (χ1v) is 7.02. The van der Waals surface area contributed by atoms with E-state index in [1.165, 1.54) is 0 Å². The standard InChI is InChI=1S/C13H10NO3P/c15-18(16,17)13-11-7-2-1-5-9(11)10-6-3-4-8-12(10)14-13/h1-8H,(H2,15,16,17). The third-order valence-electron chi connectivity index (χ3n) is 2.86. The Labute approximate surface area is 103 Å². The van der Waals surface area contributed by atoms with Gasteiger partial charge in [0.15, 0.2) is 5.44 Å². The zero-order valence-electron chi connectivity index (χ0n) is 9.32. The highest BCUT2D eigenvalue weighted by molar-refractivity contribution is 7.60. The number of pyridine rings is 1. The topological polar surface area (TPSA) is 70.4 Å². The van der Waals surface area contributed by atoms with Gasteiger partial charge in [0, 0.05) is 10.8 Å². The van der Waals surface area contributed by atoms with Gasteiger partial charge in [-0.15, -0.1) is 0 Å². The minimum absolute atomic E-state index is 0.156. The van der Waals surface area contributed by atoms with Crippen LogP contribution in [0.2, 0.25) is 0 Å². The Bertz CT molecular complexity index is 794. The van der Waals surface area contributed by atoms with Gasteiger partial charge in [0.25, 0.3) is 0 Å². The quantitative estimate of drug-likeness (QED) is 0.519. The number of nitrogens with zero attached hydrogens (tertiary/aromatic N) is 1. The Kier molecular flexibility index (Phi) is 2.45. The fourth-order valence-corrected chi connectivity index (χ4v) is 2.86. The average Bonchev–Trinajstić information content (AvgIpc) is 2.37. The molecule has 2 aromatic carbocycles. The van der Waals surface area contributed by atoms with Crippen molar-refractivity contribution in [2.75, 3.05) is 0 Å². The van der Waals surface area contributed by atoms with Crippen LogP contribution in [0.1, 0.15) is 0 Å². The maximum Gasteiger partial charge on any atom is 0.375 e. The molecule has 5 heteroatoms. The summed E-state index contributed by atoms with van der Waals surface area (Å²) in [6.45, 7) is 0. The first-order valence-electron chi connectivity index (χ1n) is 5.41. The molecule has 0 saturated heterocycles. The lowest BCUT2D eigenvalue weighted by Gasteiger charge is -2.10. The van der Waals surface area contributed by atoms with Crippen LogP contribution in [0.25, 0.3) is 21.7 Å². The van der Waals surface area contributed by atoms with Crippen LogP contribution in [-0.2, 0) is 4.57 Å². The molecule has 0 unspecified atom stereocenters. The Hall–Kier alpha value is -1.74. The summed E-state index contributed by atoms with van der Waals surface area (Å²) in [7, 11) is -4.38. The molecule has 3 rings (SSSR count). The van der Waals surface area contributed by atoms with Gasteiger partial charge in [0.05, 0.1) is 5.52 Å². The summed E-state index contributed by atoms with van der Waals surface area (Å²) in [5, 5.41) is 2.20. The van der Waals surface area contributed by atoms with Crippen LogP contribution in [0.15, 0.2) is 48.5 Å². The van der Waals surface area contributed by atoms with Gasteiger partial charge < -0.3 is 9.79 Å². The van der Waals surface area contributed by atoms with E-state index in [1.807, 2.05) is 24.3 Å². The van der Waals surface area contributed by atoms with E-state index < -0.39 is 7.60 Å². The highest BCUT2D eigenvalue weighted by Crippen LogP contribution is 2.37. The minimum Gasteiger partial charge on any atom is -0.320 e. The second-order valence-corrected chi connectivity index (χ2v) is 5.55. The number of rotatable bonds is 1. The molecule has 1 aromatic heterocycles. The predicted octanol–water partition coefficient (Wildman–Crippen LogP) is 2.19. The van der Waals surface area contributed by atoms with Crippen molar-refractivity contribution in [1.82, 2.24) is 4.98 Å². The molecule has 3 aromatic rings. The summed E-state index contributed by atoms with van der Waals surface area (Å²) in [4.78, 5) is 22.9. The molecule has 18 heavy (non-hydrogen) atoms. The van der Waals surface area contributed by atoms with E-state index in [2.05, 4.69) is 4.98 Å². The molecule has 1 heterocycles. The van der Waals surface area contributed by atoms with Gasteiger partial charge in [0.1, 0.15) is 0 Å². The van der Waals surface area contributed by atoms with Crippen molar-refractivity contribution in [3.8, 4) is 0 Å². The predicted molar refractivity (Wildman–Crippen MR) is 70.9 cm³/mol. The normalized spacial score (nSPS) is 12.1. The number of hydrogen-bond acceptors (Lipinski definition) is 2. The summed E-state index contributed by atoms with van der Waals surface area (Å²) < 4.78 is 11.5. The molecule has 0 fully saturated rings. The SMILES string of the molecule is O=P(O)(O)c1nc2ccccc2c2ccccc12. The molecule has 0 saturated carbocycles. The molecule has 0 aliphatic heterocycles. The third-order valence-corrected chi connectivity index (χ3v) is 3.76. The molecule has 2 N–H and O–H groups in total. The fourth-order valence-electron chi connectivity index (χ4n) is 2.11. The Balaban J connectivity index is 2.59.